The average molecular weight is 372 g/mol. The molecule has 0 saturated heterocycles. The smallest absolute Gasteiger partial charge is 0.326 e. The van der Waals surface area contributed by atoms with E-state index in [-0.39, 0.29) is 5.92 Å². The summed E-state index contributed by atoms with van der Waals surface area (Å²) < 4.78 is 11.5. The Morgan fingerprint density at radius 2 is 2.00 bits per heavy atom. The van der Waals surface area contributed by atoms with Crippen LogP contribution < -0.4 is 14.8 Å². The van der Waals surface area contributed by atoms with Crippen LogP contribution in [0.2, 0.25) is 0 Å². The van der Waals surface area contributed by atoms with E-state index < -0.39 is 17.9 Å². The number of aliphatic carboxylic acids is 1. The van der Waals surface area contributed by atoms with E-state index in [0.717, 1.165) is 0 Å². The lowest BCUT2D eigenvalue weighted by Gasteiger charge is -2.21. The van der Waals surface area contributed by atoms with E-state index in [0.29, 0.717) is 41.2 Å². The van der Waals surface area contributed by atoms with Gasteiger partial charge in [-0.05, 0) is 40.4 Å². The number of nitrogens with one attached hydrogen (secondary N) is 1. The number of hydrogen-bond acceptors (Lipinski definition) is 4. The van der Waals surface area contributed by atoms with Crippen LogP contribution in [0, 0.1) is 5.92 Å². The minimum Gasteiger partial charge on any atom is -0.486 e. The number of amides is 1. The molecule has 1 aliphatic heterocycles. The standard InChI is InChI=1S/C15H18BrNO5/c1-8(2)5-11(15(19)20)17-14(18)9-6-10(16)13-12(7-9)21-3-4-22-13/h6-8,11H,3-5H2,1-2H3,(H,17,18)(H,19,20)/t11-/m1/s1. The molecule has 1 amide bonds. The highest BCUT2D eigenvalue weighted by molar-refractivity contribution is 9.10. The van der Waals surface area contributed by atoms with E-state index in [1.807, 2.05) is 13.8 Å². The normalized spacial score (nSPS) is 14.5. The van der Waals surface area contributed by atoms with Gasteiger partial charge in [0, 0.05) is 5.56 Å². The second kappa shape index (κ2) is 7.00. The van der Waals surface area contributed by atoms with Crippen molar-refractivity contribution in [3.8, 4) is 11.5 Å². The number of ether oxygens (including phenoxy) is 2. The summed E-state index contributed by atoms with van der Waals surface area (Å²) in [5, 5.41) is 11.7. The molecule has 6 nitrogen and oxygen atoms in total. The van der Waals surface area contributed by atoms with Gasteiger partial charge in [-0.3, -0.25) is 4.79 Å². The first-order valence-corrected chi connectivity index (χ1v) is 7.80. The van der Waals surface area contributed by atoms with Crippen LogP contribution in [0.3, 0.4) is 0 Å². The van der Waals surface area contributed by atoms with Gasteiger partial charge in [0.15, 0.2) is 11.5 Å². The number of benzene rings is 1. The summed E-state index contributed by atoms with van der Waals surface area (Å²) in [6.07, 6.45) is 0.368. The molecule has 1 aromatic carbocycles. The van der Waals surface area contributed by atoms with E-state index in [1.165, 1.54) is 0 Å². The maximum Gasteiger partial charge on any atom is 0.326 e. The summed E-state index contributed by atoms with van der Waals surface area (Å²) in [5.74, 6) is -0.306. The molecule has 2 rings (SSSR count). The minimum atomic E-state index is -1.04. The summed E-state index contributed by atoms with van der Waals surface area (Å²) in [5.41, 5.74) is 0.325. The number of hydrogen-bond donors (Lipinski definition) is 2. The lowest BCUT2D eigenvalue weighted by Crippen LogP contribution is -2.41. The van der Waals surface area contributed by atoms with Crippen molar-refractivity contribution in [2.24, 2.45) is 5.92 Å². The third-order valence-electron chi connectivity index (χ3n) is 3.17. The monoisotopic (exact) mass is 371 g/mol. The van der Waals surface area contributed by atoms with Crippen LogP contribution in [0.5, 0.6) is 11.5 Å². The molecule has 0 aliphatic carbocycles. The lowest BCUT2D eigenvalue weighted by atomic mass is 10.0. The summed E-state index contributed by atoms with van der Waals surface area (Å²) in [6.45, 7) is 4.67. The summed E-state index contributed by atoms with van der Waals surface area (Å²) in [7, 11) is 0. The number of fused-ring (bicyclic) bond motifs is 1. The summed E-state index contributed by atoms with van der Waals surface area (Å²) in [6, 6.07) is 2.24. The Balaban J connectivity index is 2.18. The van der Waals surface area contributed by atoms with Crippen LogP contribution in [0.1, 0.15) is 30.6 Å². The van der Waals surface area contributed by atoms with Gasteiger partial charge in [-0.15, -0.1) is 0 Å². The van der Waals surface area contributed by atoms with E-state index >= 15 is 0 Å². The number of carbonyl (C=O) groups is 2. The Morgan fingerprint density at radius 1 is 1.32 bits per heavy atom. The molecule has 120 valence electrons. The van der Waals surface area contributed by atoms with Gasteiger partial charge < -0.3 is 19.9 Å². The van der Waals surface area contributed by atoms with Crippen molar-refractivity contribution in [1.29, 1.82) is 0 Å². The van der Waals surface area contributed by atoms with Crippen LogP contribution in [-0.4, -0.2) is 36.2 Å². The van der Waals surface area contributed by atoms with E-state index in [9.17, 15) is 14.7 Å². The molecule has 0 bridgehead atoms. The van der Waals surface area contributed by atoms with Crippen LogP contribution in [0.15, 0.2) is 16.6 Å². The Labute approximate surface area is 136 Å². The Kier molecular flexibility index (Phi) is 5.28. The second-order valence-corrected chi connectivity index (χ2v) is 6.33. The predicted octanol–water partition coefficient (Wildman–Crippen LogP) is 2.45. The van der Waals surface area contributed by atoms with E-state index in [4.69, 9.17) is 9.47 Å². The van der Waals surface area contributed by atoms with Crippen molar-refractivity contribution < 1.29 is 24.2 Å². The summed E-state index contributed by atoms with van der Waals surface area (Å²) in [4.78, 5) is 23.5. The van der Waals surface area contributed by atoms with E-state index in [2.05, 4.69) is 21.2 Å². The zero-order valence-corrected chi connectivity index (χ0v) is 14.0. The van der Waals surface area contributed by atoms with Crippen molar-refractivity contribution in [2.75, 3.05) is 13.2 Å². The van der Waals surface area contributed by atoms with Gasteiger partial charge in [0.1, 0.15) is 19.3 Å². The highest BCUT2D eigenvalue weighted by atomic mass is 79.9. The van der Waals surface area contributed by atoms with Crippen molar-refractivity contribution >= 4 is 27.8 Å². The molecule has 0 aromatic heterocycles. The predicted molar refractivity (Wildman–Crippen MR) is 83.5 cm³/mol. The molecule has 0 unspecified atom stereocenters. The number of rotatable bonds is 5. The zero-order valence-electron chi connectivity index (χ0n) is 12.4. The molecule has 1 aliphatic rings. The van der Waals surface area contributed by atoms with Gasteiger partial charge in [-0.1, -0.05) is 13.8 Å². The molecule has 0 radical (unpaired) electrons. The quantitative estimate of drug-likeness (QED) is 0.830. The largest absolute Gasteiger partial charge is 0.486 e. The second-order valence-electron chi connectivity index (χ2n) is 5.48. The Bertz CT molecular complexity index is 588. The number of halogens is 1. The molecule has 0 saturated carbocycles. The number of carboxylic acid groups (broad SMARTS) is 1. The van der Waals surface area contributed by atoms with Gasteiger partial charge in [-0.25, -0.2) is 4.79 Å². The number of carboxylic acids is 1. The summed E-state index contributed by atoms with van der Waals surface area (Å²) >= 11 is 3.34. The fourth-order valence-electron chi connectivity index (χ4n) is 2.18. The average Bonchev–Trinajstić information content (AvgIpc) is 2.45. The minimum absolute atomic E-state index is 0.161. The molecule has 22 heavy (non-hydrogen) atoms. The molecular weight excluding hydrogens is 354 g/mol. The third-order valence-corrected chi connectivity index (χ3v) is 3.76. The molecule has 1 aromatic rings. The topological polar surface area (TPSA) is 84.9 Å². The lowest BCUT2D eigenvalue weighted by molar-refractivity contribution is -0.139. The van der Waals surface area contributed by atoms with Crippen molar-refractivity contribution in [2.45, 2.75) is 26.3 Å². The van der Waals surface area contributed by atoms with Gasteiger partial charge >= 0.3 is 5.97 Å². The van der Waals surface area contributed by atoms with Crippen LogP contribution in [0.4, 0.5) is 0 Å². The van der Waals surface area contributed by atoms with Gasteiger partial charge in [0.2, 0.25) is 0 Å². The molecule has 1 heterocycles. The fourth-order valence-corrected chi connectivity index (χ4v) is 2.73. The van der Waals surface area contributed by atoms with Gasteiger partial charge in [0.25, 0.3) is 5.91 Å². The first kappa shape index (κ1) is 16.6. The highest BCUT2D eigenvalue weighted by Gasteiger charge is 2.24. The third kappa shape index (κ3) is 3.91. The molecule has 1 atom stereocenters. The number of carbonyl (C=O) groups excluding carboxylic acids is 1. The first-order valence-electron chi connectivity index (χ1n) is 7.01. The zero-order chi connectivity index (χ0) is 16.3. The van der Waals surface area contributed by atoms with Crippen molar-refractivity contribution in [3.05, 3.63) is 22.2 Å². The molecular formula is C15H18BrNO5. The molecule has 0 spiro atoms. The SMILES string of the molecule is CC(C)C[C@@H](NC(=O)c1cc(Br)c2c(c1)OCCO2)C(=O)O. The van der Waals surface area contributed by atoms with Crippen molar-refractivity contribution in [3.63, 3.8) is 0 Å². The molecule has 7 heteroatoms. The van der Waals surface area contributed by atoms with E-state index in [1.54, 1.807) is 12.1 Å². The highest BCUT2D eigenvalue weighted by Crippen LogP contribution is 2.38. The Morgan fingerprint density at radius 3 is 2.64 bits per heavy atom. The van der Waals surface area contributed by atoms with Crippen LogP contribution in [-0.2, 0) is 4.79 Å². The van der Waals surface area contributed by atoms with Gasteiger partial charge in [0.05, 0.1) is 4.47 Å². The molecule has 0 fully saturated rings. The maximum absolute atomic E-state index is 12.3. The fraction of sp³-hybridized carbons (Fsp3) is 0.467. The van der Waals surface area contributed by atoms with Crippen molar-refractivity contribution in [1.82, 2.24) is 5.32 Å². The molecule has 2 N–H and O–H groups in total. The maximum atomic E-state index is 12.3. The first-order chi connectivity index (χ1) is 10.4. The van der Waals surface area contributed by atoms with Crippen LogP contribution in [0.25, 0.3) is 0 Å². The van der Waals surface area contributed by atoms with Crippen LogP contribution >= 0.6 is 15.9 Å². The Hall–Kier alpha value is -1.76. The van der Waals surface area contributed by atoms with Gasteiger partial charge in [-0.2, -0.15) is 0 Å².